The molecule has 1 aromatic carbocycles. The summed E-state index contributed by atoms with van der Waals surface area (Å²) in [6.45, 7) is 2.06. The average molecular weight is 231 g/mol. The Morgan fingerprint density at radius 3 is 2.69 bits per heavy atom. The van der Waals surface area contributed by atoms with Crippen molar-refractivity contribution in [3.63, 3.8) is 0 Å². The molecule has 0 aliphatic rings. The maximum absolute atomic E-state index is 11.7. The lowest BCUT2D eigenvalue weighted by molar-refractivity contribution is 0.0964. The number of hydrogen-bond acceptors (Lipinski definition) is 2. The van der Waals surface area contributed by atoms with Crippen LogP contribution in [0.15, 0.2) is 35.7 Å². The van der Waals surface area contributed by atoms with Crippen LogP contribution in [0.4, 0.5) is 0 Å². The van der Waals surface area contributed by atoms with Crippen molar-refractivity contribution in [1.29, 1.82) is 0 Å². The van der Waals surface area contributed by atoms with E-state index in [4.69, 9.17) is 0 Å². The Bertz CT molecular complexity index is 516. The summed E-state index contributed by atoms with van der Waals surface area (Å²) in [5, 5.41) is 4.62. The molecule has 0 fully saturated rings. The maximum Gasteiger partial charge on any atom is 0.252 e. The van der Waals surface area contributed by atoms with Crippen molar-refractivity contribution in [2.24, 2.45) is 0 Å². The Balaban J connectivity index is 2.53. The van der Waals surface area contributed by atoms with Gasteiger partial charge in [0.15, 0.2) is 0 Å². The first-order valence-electron chi connectivity index (χ1n) is 5.09. The quantitative estimate of drug-likeness (QED) is 0.845. The van der Waals surface area contributed by atoms with Crippen LogP contribution in [0.3, 0.4) is 0 Å². The summed E-state index contributed by atoms with van der Waals surface area (Å²) < 4.78 is 0. The predicted molar refractivity (Wildman–Crippen MR) is 67.9 cm³/mol. The molecule has 2 nitrogen and oxygen atoms in total. The molecule has 0 bridgehead atoms. The highest BCUT2D eigenvalue weighted by Gasteiger charge is 2.13. The second-order valence-corrected chi connectivity index (χ2v) is 4.47. The van der Waals surface area contributed by atoms with Crippen LogP contribution in [0.5, 0.6) is 0 Å². The van der Waals surface area contributed by atoms with Gasteiger partial charge in [0, 0.05) is 11.9 Å². The third-order valence-corrected chi connectivity index (χ3v) is 3.47. The number of carbonyl (C=O) groups is 1. The van der Waals surface area contributed by atoms with E-state index in [1.165, 1.54) is 5.56 Å². The molecule has 0 saturated heterocycles. The van der Waals surface area contributed by atoms with E-state index >= 15 is 0 Å². The van der Waals surface area contributed by atoms with Crippen LogP contribution in [-0.4, -0.2) is 13.0 Å². The molecule has 2 aromatic rings. The molecule has 0 atom stereocenters. The third kappa shape index (κ3) is 1.86. The SMILES string of the molecule is CNC(=O)c1ccsc1-c1ccccc1C. The Labute approximate surface area is 98.9 Å². The van der Waals surface area contributed by atoms with Crippen molar-refractivity contribution in [2.75, 3.05) is 7.05 Å². The summed E-state index contributed by atoms with van der Waals surface area (Å²) in [4.78, 5) is 12.7. The molecule has 1 aromatic heterocycles. The van der Waals surface area contributed by atoms with Crippen LogP contribution in [0.2, 0.25) is 0 Å². The van der Waals surface area contributed by atoms with E-state index in [9.17, 15) is 4.79 Å². The molecule has 82 valence electrons. The summed E-state index contributed by atoms with van der Waals surface area (Å²) in [5.74, 6) is -0.0282. The van der Waals surface area contributed by atoms with Crippen LogP contribution in [0, 0.1) is 6.92 Å². The lowest BCUT2D eigenvalue weighted by Crippen LogP contribution is -2.17. The van der Waals surface area contributed by atoms with Crippen molar-refractivity contribution in [1.82, 2.24) is 5.32 Å². The van der Waals surface area contributed by atoms with E-state index in [1.54, 1.807) is 18.4 Å². The monoisotopic (exact) mass is 231 g/mol. The minimum atomic E-state index is -0.0282. The number of hydrogen-bond donors (Lipinski definition) is 1. The van der Waals surface area contributed by atoms with E-state index in [2.05, 4.69) is 18.3 Å². The number of aryl methyl sites for hydroxylation is 1. The second-order valence-electron chi connectivity index (χ2n) is 3.56. The summed E-state index contributed by atoms with van der Waals surface area (Å²) in [6.07, 6.45) is 0. The molecular weight excluding hydrogens is 218 g/mol. The van der Waals surface area contributed by atoms with Crippen molar-refractivity contribution in [3.05, 3.63) is 46.8 Å². The fraction of sp³-hybridized carbons (Fsp3) is 0.154. The van der Waals surface area contributed by atoms with E-state index in [1.807, 2.05) is 29.6 Å². The molecular formula is C13H13NOS. The van der Waals surface area contributed by atoms with Gasteiger partial charge in [0.1, 0.15) is 0 Å². The lowest BCUT2D eigenvalue weighted by atomic mass is 10.0. The van der Waals surface area contributed by atoms with Crippen LogP contribution in [0.1, 0.15) is 15.9 Å². The highest BCUT2D eigenvalue weighted by atomic mass is 32.1. The van der Waals surface area contributed by atoms with Crippen molar-refractivity contribution < 1.29 is 4.79 Å². The molecule has 16 heavy (non-hydrogen) atoms. The molecule has 3 heteroatoms. The molecule has 0 aliphatic carbocycles. The van der Waals surface area contributed by atoms with Gasteiger partial charge in [-0.25, -0.2) is 0 Å². The van der Waals surface area contributed by atoms with Gasteiger partial charge >= 0.3 is 0 Å². The Morgan fingerprint density at radius 2 is 2.00 bits per heavy atom. The van der Waals surface area contributed by atoms with Crippen molar-refractivity contribution in [2.45, 2.75) is 6.92 Å². The standard InChI is InChI=1S/C13H13NOS/c1-9-5-3-4-6-10(9)12-11(7-8-16-12)13(15)14-2/h3-8H,1-2H3,(H,14,15). The molecule has 1 heterocycles. The molecule has 0 unspecified atom stereocenters. The van der Waals surface area contributed by atoms with E-state index in [0.717, 1.165) is 16.0 Å². The maximum atomic E-state index is 11.7. The number of thiophene rings is 1. The zero-order valence-electron chi connectivity index (χ0n) is 9.28. The smallest absolute Gasteiger partial charge is 0.252 e. The van der Waals surface area contributed by atoms with Gasteiger partial charge in [-0.1, -0.05) is 24.3 Å². The van der Waals surface area contributed by atoms with E-state index in [0.29, 0.717) is 0 Å². The first-order valence-corrected chi connectivity index (χ1v) is 5.97. The highest BCUT2D eigenvalue weighted by molar-refractivity contribution is 7.14. The Morgan fingerprint density at radius 1 is 1.25 bits per heavy atom. The van der Waals surface area contributed by atoms with Gasteiger partial charge in [0.05, 0.1) is 5.56 Å². The minimum absolute atomic E-state index is 0.0282. The fourth-order valence-corrected chi connectivity index (χ4v) is 2.64. The van der Waals surface area contributed by atoms with Gasteiger partial charge in [0.2, 0.25) is 0 Å². The van der Waals surface area contributed by atoms with Crippen LogP contribution in [0.25, 0.3) is 10.4 Å². The Hall–Kier alpha value is -1.61. The number of nitrogens with one attached hydrogen (secondary N) is 1. The van der Waals surface area contributed by atoms with Crippen LogP contribution in [-0.2, 0) is 0 Å². The van der Waals surface area contributed by atoms with Crippen LogP contribution < -0.4 is 5.32 Å². The zero-order chi connectivity index (χ0) is 11.5. The first-order chi connectivity index (χ1) is 7.74. The van der Waals surface area contributed by atoms with Gasteiger partial charge in [0.25, 0.3) is 5.91 Å². The zero-order valence-corrected chi connectivity index (χ0v) is 10.1. The van der Waals surface area contributed by atoms with Crippen molar-refractivity contribution >= 4 is 17.2 Å². The van der Waals surface area contributed by atoms with E-state index < -0.39 is 0 Å². The van der Waals surface area contributed by atoms with Gasteiger partial charge in [-0.3, -0.25) is 4.79 Å². The van der Waals surface area contributed by atoms with Gasteiger partial charge in [-0.05, 0) is 29.5 Å². The summed E-state index contributed by atoms with van der Waals surface area (Å²) >= 11 is 1.60. The molecule has 2 rings (SSSR count). The van der Waals surface area contributed by atoms with Gasteiger partial charge in [-0.2, -0.15) is 0 Å². The van der Waals surface area contributed by atoms with Crippen LogP contribution >= 0.6 is 11.3 Å². The molecule has 0 saturated carbocycles. The highest BCUT2D eigenvalue weighted by Crippen LogP contribution is 2.31. The van der Waals surface area contributed by atoms with Gasteiger partial charge < -0.3 is 5.32 Å². The minimum Gasteiger partial charge on any atom is -0.355 e. The Kier molecular flexibility index (Phi) is 3.06. The largest absolute Gasteiger partial charge is 0.355 e. The fourth-order valence-electron chi connectivity index (χ4n) is 1.66. The van der Waals surface area contributed by atoms with Crippen molar-refractivity contribution in [3.8, 4) is 10.4 Å². The number of amides is 1. The number of carbonyl (C=O) groups excluding carboxylic acids is 1. The summed E-state index contributed by atoms with van der Waals surface area (Å²) in [6, 6.07) is 9.98. The second kappa shape index (κ2) is 4.49. The predicted octanol–water partition coefficient (Wildman–Crippen LogP) is 3.08. The summed E-state index contributed by atoms with van der Waals surface area (Å²) in [5.41, 5.74) is 3.08. The lowest BCUT2D eigenvalue weighted by Gasteiger charge is -2.05. The molecule has 1 N–H and O–H groups in total. The number of rotatable bonds is 2. The first kappa shape index (κ1) is 10.9. The molecule has 0 aliphatic heterocycles. The van der Waals surface area contributed by atoms with E-state index in [-0.39, 0.29) is 5.91 Å². The average Bonchev–Trinajstić information content (AvgIpc) is 2.77. The normalized spacial score (nSPS) is 10.1. The third-order valence-electron chi connectivity index (χ3n) is 2.53. The van der Waals surface area contributed by atoms with Gasteiger partial charge in [-0.15, -0.1) is 11.3 Å². The number of benzene rings is 1. The topological polar surface area (TPSA) is 29.1 Å². The summed E-state index contributed by atoms with van der Waals surface area (Å²) in [7, 11) is 1.65. The molecule has 1 amide bonds. The molecule has 0 radical (unpaired) electrons. The molecule has 0 spiro atoms.